The molecule has 6 N–H and O–H groups in total. The third-order valence-electron chi connectivity index (χ3n) is 5.13. The number of nitrogen functional groups attached to an aromatic ring is 1. The van der Waals surface area contributed by atoms with Crippen LogP contribution in [0.2, 0.25) is 0 Å². The van der Waals surface area contributed by atoms with Crippen molar-refractivity contribution in [3.63, 3.8) is 0 Å². The zero-order chi connectivity index (χ0) is 21.5. The number of carbonyl (C=O) groups is 3. The molecule has 1 saturated carbocycles. The molecule has 2 fully saturated rings. The summed E-state index contributed by atoms with van der Waals surface area (Å²) >= 11 is 1.10. The Kier molecular flexibility index (Phi) is 4.81. The molecule has 3 heterocycles. The summed E-state index contributed by atoms with van der Waals surface area (Å²) in [6.07, 6.45) is 1.55. The van der Waals surface area contributed by atoms with Crippen molar-refractivity contribution in [1.82, 2.24) is 30.9 Å². The van der Waals surface area contributed by atoms with Crippen molar-refractivity contribution in [2.24, 2.45) is 10.9 Å². The van der Waals surface area contributed by atoms with Crippen LogP contribution >= 0.6 is 11.3 Å². The van der Waals surface area contributed by atoms with Gasteiger partial charge in [0.25, 0.3) is 23.7 Å². The van der Waals surface area contributed by atoms with Crippen LogP contribution in [0.15, 0.2) is 10.5 Å². The van der Waals surface area contributed by atoms with Gasteiger partial charge < -0.3 is 21.6 Å². The van der Waals surface area contributed by atoms with Crippen molar-refractivity contribution < 1.29 is 19.2 Å². The number of nitrogens with two attached hydrogens (primary N) is 2. The normalized spacial score (nSPS) is 22.8. The van der Waals surface area contributed by atoms with E-state index < -0.39 is 35.4 Å². The second-order valence-electron chi connectivity index (χ2n) is 6.93. The van der Waals surface area contributed by atoms with E-state index >= 15 is 0 Å². The van der Waals surface area contributed by atoms with E-state index in [1.165, 1.54) is 10.3 Å². The average molecular weight is 434 g/mol. The highest BCUT2D eigenvalue weighted by atomic mass is 32.1. The first-order valence-corrected chi connectivity index (χ1v) is 9.85. The number of tetrazole rings is 1. The smallest absolute Gasteiger partial charge is 0.276 e. The van der Waals surface area contributed by atoms with E-state index in [9.17, 15) is 14.4 Å². The van der Waals surface area contributed by atoms with Gasteiger partial charge in [-0.15, -0.1) is 16.4 Å². The fourth-order valence-electron chi connectivity index (χ4n) is 3.17. The summed E-state index contributed by atoms with van der Waals surface area (Å²) in [5.41, 5.74) is 9.77. The number of H-pyrrole nitrogens is 1. The summed E-state index contributed by atoms with van der Waals surface area (Å²) in [5.74, 6) is -1.68. The van der Waals surface area contributed by atoms with Crippen LogP contribution in [0.3, 0.4) is 0 Å². The quantitative estimate of drug-likeness (QED) is 0.222. The van der Waals surface area contributed by atoms with E-state index in [1.54, 1.807) is 6.92 Å². The third-order valence-corrected chi connectivity index (χ3v) is 5.80. The Morgan fingerprint density at radius 1 is 1.47 bits per heavy atom. The number of nitrogens with zero attached hydrogens (tertiary/aromatic N) is 6. The molecule has 0 aromatic carbocycles. The highest BCUT2D eigenvalue weighted by Gasteiger charge is 2.49. The molecule has 158 valence electrons. The lowest BCUT2D eigenvalue weighted by Crippen LogP contribution is -2.70. The van der Waals surface area contributed by atoms with E-state index in [-0.39, 0.29) is 22.5 Å². The number of β-lactam (4-membered cyclic amide) rings is 1. The standard InChI is InChI=1S/C15H18N10O4S/c1-6-8(11(27)25(6)14-20-23-24-21-14)19-10(26)9(7-5-30-13(17)18-7)22-29-15(12(16)28)3-2-4-15/h5-6,8H,2-4H2,1H3,(H2,16,28)(H2,17,18)(H,19,26)(H,20,21,23,24)/b22-9-/t6-,8+/m1/s1. The van der Waals surface area contributed by atoms with Crippen LogP contribution in [0.1, 0.15) is 31.9 Å². The number of anilines is 2. The molecule has 2 aliphatic rings. The van der Waals surface area contributed by atoms with E-state index in [0.717, 1.165) is 17.8 Å². The molecule has 4 rings (SSSR count). The van der Waals surface area contributed by atoms with Crippen LogP contribution in [0, 0.1) is 0 Å². The minimum absolute atomic E-state index is 0.107. The first kappa shape index (κ1) is 19.7. The lowest BCUT2D eigenvalue weighted by Gasteiger charge is -2.42. The fraction of sp³-hybridized carbons (Fsp3) is 0.467. The molecule has 14 nitrogen and oxygen atoms in total. The molecule has 0 radical (unpaired) electrons. The lowest BCUT2D eigenvalue weighted by molar-refractivity contribution is -0.156. The first-order chi connectivity index (χ1) is 14.3. The zero-order valence-electron chi connectivity index (χ0n) is 15.7. The number of aromatic nitrogens is 5. The number of oxime groups is 1. The summed E-state index contributed by atoms with van der Waals surface area (Å²) in [4.78, 5) is 47.8. The van der Waals surface area contributed by atoms with Crippen LogP contribution in [0.5, 0.6) is 0 Å². The molecule has 2 aromatic heterocycles. The fourth-order valence-corrected chi connectivity index (χ4v) is 3.72. The first-order valence-electron chi connectivity index (χ1n) is 8.97. The molecule has 2 atom stereocenters. The molecule has 1 aliphatic heterocycles. The van der Waals surface area contributed by atoms with Crippen molar-refractivity contribution in [3.05, 3.63) is 11.1 Å². The summed E-state index contributed by atoms with van der Waals surface area (Å²) in [5, 5.41) is 21.4. The molecule has 2 aromatic rings. The SMILES string of the molecule is C[C@@H]1[C@H](NC(=O)/C(=N\OC2(C(N)=O)CCC2)c2csc(N)n2)C(=O)N1c1nn[nH]n1. The second-order valence-corrected chi connectivity index (χ2v) is 7.82. The highest BCUT2D eigenvalue weighted by Crippen LogP contribution is 2.35. The number of carbonyl (C=O) groups excluding carboxylic acids is 3. The van der Waals surface area contributed by atoms with Gasteiger partial charge in [-0.25, -0.2) is 4.98 Å². The number of aromatic amines is 1. The predicted octanol–water partition coefficient (Wildman–Crippen LogP) is -1.71. The molecule has 1 saturated heterocycles. The maximum Gasteiger partial charge on any atom is 0.276 e. The minimum atomic E-state index is -1.25. The van der Waals surface area contributed by atoms with E-state index in [4.69, 9.17) is 16.3 Å². The molecule has 1 aliphatic carbocycles. The van der Waals surface area contributed by atoms with Crippen LogP contribution in [-0.2, 0) is 19.2 Å². The van der Waals surface area contributed by atoms with Gasteiger partial charge in [0.2, 0.25) is 5.60 Å². The molecule has 30 heavy (non-hydrogen) atoms. The summed E-state index contributed by atoms with van der Waals surface area (Å²) in [6.45, 7) is 1.72. The predicted molar refractivity (Wildman–Crippen MR) is 103 cm³/mol. The Morgan fingerprint density at radius 2 is 2.23 bits per heavy atom. The van der Waals surface area contributed by atoms with Crippen LogP contribution in [0.4, 0.5) is 11.1 Å². The Bertz CT molecular complexity index is 1010. The van der Waals surface area contributed by atoms with Gasteiger partial charge in [-0.3, -0.25) is 19.3 Å². The van der Waals surface area contributed by atoms with Crippen molar-refractivity contribution in [3.8, 4) is 0 Å². The van der Waals surface area contributed by atoms with Gasteiger partial charge in [0, 0.05) is 5.38 Å². The van der Waals surface area contributed by atoms with E-state index in [0.29, 0.717) is 12.8 Å². The summed E-state index contributed by atoms with van der Waals surface area (Å²) < 4.78 is 0. The topological polar surface area (TPSA) is 207 Å². The Hall–Kier alpha value is -3.62. The van der Waals surface area contributed by atoms with Crippen molar-refractivity contribution in [1.29, 1.82) is 0 Å². The minimum Gasteiger partial charge on any atom is -0.378 e. The van der Waals surface area contributed by atoms with E-state index in [1.807, 2.05) is 0 Å². The second kappa shape index (κ2) is 7.33. The Morgan fingerprint density at radius 3 is 2.73 bits per heavy atom. The van der Waals surface area contributed by atoms with Gasteiger partial charge in [0.1, 0.15) is 11.7 Å². The van der Waals surface area contributed by atoms with Gasteiger partial charge in [-0.2, -0.15) is 5.21 Å². The third kappa shape index (κ3) is 3.22. The maximum absolute atomic E-state index is 12.9. The lowest BCUT2D eigenvalue weighted by atomic mass is 9.80. The number of hydrogen-bond acceptors (Lipinski definition) is 11. The maximum atomic E-state index is 12.9. The van der Waals surface area contributed by atoms with Crippen molar-refractivity contribution in [2.75, 3.05) is 10.6 Å². The average Bonchev–Trinajstić information content (AvgIpc) is 3.33. The number of thiazole rings is 1. The Labute approximate surface area is 173 Å². The number of primary amides is 1. The molecule has 0 unspecified atom stereocenters. The largest absolute Gasteiger partial charge is 0.378 e. The van der Waals surface area contributed by atoms with Gasteiger partial charge in [-0.1, -0.05) is 10.3 Å². The van der Waals surface area contributed by atoms with Gasteiger partial charge in [-0.05, 0) is 31.4 Å². The zero-order valence-corrected chi connectivity index (χ0v) is 16.5. The summed E-state index contributed by atoms with van der Waals surface area (Å²) in [6, 6.07) is -1.27. The van der Waals surface area contributed by atoms with E-state index in [2.05, 4.69) is 36.1 Å². The molecule has 0 spiro atoms. The molecular formula is C15H18N10O4S. The number of hydrogen-bond donors (Lipinski definition) is 4. The summed E-state index contributed by atoms with van der Waals surface area (Å²) in [7, 11) is 0. The van der Waals surface area contributed by atoms with Gasteiger partial charge in [0.15, 0.2) is 10.8 Å². The number of nitrogens with one attached hydrogen (secondary N) is 2. The number of rotatable bonds is 7. The molecular weight excluding hydrogens is 416 g/mol. The Balaban J connectivity index is 1.53. The van der Waals surface area contributed by atoms with Crippen LogP contribution in [-0.4, -0.2) is 66.7 Å². The van der Waals surface area contributed by atoms with Crippen LogP contribution in [0.25, 0.3) is 0 Å². The van der Waals surface area contributed by atoms with Crippen LogP contribution < -0.4 is 21.7 Å². The van der Waals surface area contributed by atoms with Gasteiger partial charge in [0.05, 0.1) is 6.04 Å². The molecule has 0 bridgehead atoms. The molecule has 3 amide bonds. The monoisotopic (exact) mass is 434 g/mol. The van der Waals surface area contributed by atoms with Gasteiger partial charge >= 0.3 is 0 Å². The number of amides is 3. The highest BCUT2D eigenvalue weighted by molar-refractivity contribution is 7.13. The van der Waals surface area contributed by atoms with Crippen molar-refractivity contribution in [2.45, 2.75) is 43.9 Å². The molecule has 15 heteroatoms. The van der Waals surface area contributed by atoms with Crippen molar-refractivity contribution >= 4 is 45.8 Å².